The Morgan fingerprint density at radius 1 is 0.311 bits per heavy atom. The minimum atomic E-state index is 0. The van der Waals surface area contributed by atoms with Crippen LogP contribution in [-0.4, -0.2) is 0 Å². The van der Waals surface area contributed by atoms with Gasteiger partial charge >= 0.3 is 0 Å². The molecule has 8 rings (SSSR count). The Morgan fingerprint density at radius 3 is 1.31 bits per heavy atom. The third kappa shape index (κ3) is 5.46. The maximum absolute atomic E-state index is 3.50. The van der Waals surface area contributed by atoms with Crippen molar-refractivity contribution in [3.8, 4) is 55.6 Å². The van der Waals surface area contributed by atoms with Crippen molar-refractivity contribution in [1.29, 1.82) is 0 Å². The number of fused-ring (bicyclic) bond motifs is 2. The van der Waals surface area contributed by atoms with Crippen molar-refractivity contribution in [2.45, 2.75) is 0 Å². The molecule has 0 heterocycles. The Bertz CT molecular complexity index is 2210. The monoisotopic (exact) mass is 645 g/mol. The van der Waals surface area contributed by atoms with Crippen molar-refractivity contribution < 1.29 is 32.7 Å². The summed E-state index contributed by atoms with van der Waals surface area (Å²) in [5.41, 5.74) is 11.8. The zero-order valence-electron chi connectivity index (χ0n) is 24.7. The molecule has 8 aromatic rings. The second-order valence-electron chi connectivity index (χ2n) is 11.1. The van der Waals surface area contributed by atoms with Crippen LogP contribution in [0.15, 0.2) is 170 Å². The van der Waals surface area contributed by atoms with Crippen LogP contribution in [0.2, 0.25) is 0 Å². The molecule has 0 nitrogen and oxygen atoms in total. The fourth-order valence-corrected chi connectivity index (χ4v) is 6.51. The second kappa shape index (κ2) is 12.8. The van der Waals surface area contributed by atoms with Crippen molar-refractivity contribution in [1.82, 2.24) is 0 Å². The van der Waals surface area contributed by atoms with Gasteiger partial charge in [-0.15, -0.1) is 23.3 Å². The average molecular weight is 646 g/mol. The first kappa shape index (κ1) is 29.1. The summed E-state index contributed by atoms with van der Waals surface area (Å²) in [6.45, 7) is 0. The molecule has 0 aliphatic carbocycles. The van der Waals surface area contributed by atoms with Gasteiger partial charge in [0.1, 0.15) is 0 Å². The van der Waals surface area contributed by atoms with E-state index in [2.05, 4.69) is 176 Å². The van der Waals surface area contributed by atoms with Gasteiger partial charge in [-0.05, 0) is 54.9 Å². The molecule has 0 fully saturated rings. The summed E-state index contributed by atoms with van der Waals surface area (Å²) in [5, 5.41) is 4.97. The van der Waals surface area contributed by atoms with E-state index in [0.29, 0.717) is 0 Å². The van der Waals surface area contributed by atoms with Crippen molar-refractivity contribution in [3.63, 3.8) is 0 Å². The van der Waals surface area contributed by atoms with E-state index in [1.54, 1.807) is 0 Å². The number of hydrogen-bond acceptors (Lipinski definition) is 0. The molecule has 0 amide bonds. The Labute approximate surface area is 289 Å². The second-order valence-corrected chi connectivity index (χ2v) is 11.1. The maximum atomic E-state index is 3.50. The van der Waals surface area contributed by atoms with Crippen LogP contribution in [0.5, 0.6) is 0 Å². The molecule has 0 N–H and O–H groups in total. The predicted octanol–water partition coefficient (Wildman–Crippen LogP) is 11.9. The molecule has 8 aromatic carbocycles. The Morgan fingerprint density at radius 2 is 0.733 bits per heavy atom. The van der Waals surface area contributed by atoms with Gasteiger partial charge in [-0.3, -0.25) is 0 Å². The molecule has 1 heteroatoms. The molecule has 209 valence electrons. The Hall–Kier alpha value is -4.62. The van der Waals surface area contributed by atoms with Gasteiger partial charge in [0.25, 0.3) is 0 Å². The van der Waals surface area contributed by atoms with Gasteiger partial charge < -0.3 is 0 Å². The minimum absolute atomic E-state index is 0. The summed E-state index contributed by atoms with van der Waals surface area (Å²) in [6, 6.07) is 67.5. The van der Waals surface area contributed by atoms with Gasteiger partial charge in [-0.1, -0.05) is 133 Å². The van der Waals surface area contributed by atoms with Gasteiger partial charge in [0.15, 0.2) is 0 Å². The fraction of sp³-hybridized carbons (Fsp3) is 0. The quantitative estimate of drug-likeness (QED) is 0.129. The molecule has 0 unspecified atom stereocenters. The summed E-state index contributed by atoms with van der Waals surface area (Å²) in [7, 11) is 0. The van der Waals surface area contributed by atoms with Crippen molar-refractivity contribution in [2.75, 3.05) is 0 Å². The Balaban J connectivity index is 0.00000325. The van der Waals surface area contributed by atoms with Crippen LogP contribution in [-0.2, 0) is 32.7 Å². The van der Waals surface area contributed by atoms with Gasteiger partial charge in [0.2, 0.25) is 0 Å². The summed E-state index contributed by atoms with van der Waals surface area (Å²) >= 11 is 0. The Kier molecular flexibility index (Phi) is 8.27. The van der Waals surface area contributed by atoms with E-state index in [4.69, 9.17) is 0 Å². The summed E-state index contributed by atoms with van der Waals surface area (Å²) < 4.78 is 0. The van der Waals surface area contributed by atoms with E-state index in [1.165, 1.54) is 66.1 Å². The van der Waals surface area contributed by atoms with Crippen LogP contribution in [0.4, 0.5) is 0 Å². The van der Waals surface area contributed by atoms with E-state index in [9.17, 15) is 0 Å². The molecule has 0 spiro atoms. The fourth-order valence-electron chi connectivity index (χ4n) is 6.51. The molecule has 0 aliphatic heterocycles. The van der Waals surface area contributed by atoms with E-state index in [1.807, 2.05) is 6.07 Å². The van der Waals surface area contributed by atoms with Crippen LogP contribution in [0.25, 0.3) is 77.2 Å². The third-order valence-electron chi connectivity index (χ3n) is 8.50. The van der Waals surface area contributed by atoms with Crippen LogP contribution in [0.1, 0.15) is 0 Å². The van der Waals surface area contributed by atoms with E-state index in [0.717, 1.165) is 11.1 Å². The molecule has 0 aliphatic rings. The van der Waals surface area contributed by atoms with Crippen LogP contribution < -0.4 is 0 Å². The zero-order chi connectivity index (χ0) is 29.3. The average Bonchev–Trinajstić information content (AvgIpc) is 3.11. The molecule has 0 saturated carbocycles. The molecular weight excluding hydrogens is 617 g/mol. The van der Waals surface area contributed by atoms with Crippen molar-refractivity contribution >= 4 is 21.5 Å². The molecule has 0 saturated heterocycles. The van der Waals surface area contributed by atoms with Crippen LogP contribution in [0, 0.1) is 12.1 Å². The number of benzene rings is 8. The molecular formula is C44H28Y-2. The van der Waals surface area contributed by atoms with Crippen LogP contribution >= 0.6 is 0 Å². The standard InChI is InChI=1S/C44H28.Y/c1-3-15-31(16-4-1)33-19-13-20-34(29-33)35-21-14-22-36(30-35)43-39-25-9-11-27-41(39)44(42-28-12-10-26-40(42)43)38-24-8-7-23-37(38)32-17-5-2-6-18-32;/h1-19,22-30H;/q-2;. The molecule has 0 atom stereocenters. The zero-order valence-corrected chi connectivity index (χ0v) is 27.6. The number of hydrogen-bond donors (Lipinski definition) is 0. The first-order valence-corrected chi connectivity index (χ1v) is 15.0. The first-order valence-electron chi connectivity index (χ1n) is 15.0. The topological polar surface area (TPSA) is 0 Å². The molecule has 0 aromatic heterocycles. The summed E-state index contributed by atoms with van der Waals surface area (Å²) in [4.78, 5) is 0. The largest absolute Gasteiger partial charge is 0.226 e. The smallest absolute Gasteiger partial charge is 0 e. The van der Waals surface area contributed by atoms with Gasteiger partial charge in [0, 0.05) is 32.7 Å². The van der Waals surface area contributed by atoms with E-state index in [-0.39, 0.29) is 32.7 Å². The SMILES string of the molecule is [Y].[c-]1ccc(-c2ccccc2)cc1-c1[c-]ccc(-c2c3ccccc3c(-c3ccccc3-c3ccccc3)c3ccccc23)c1. The van der Waals surface area contributed by atoms with Crippen LogP contribution in [0.3, 0.4) is 0 Å². The van der Waals surface area contributed by atoms with Gasteiger partial charge in [0.05, 0.1) is 0 Å². The third-order valence-corrected chi connectivity index (χ3v) is 8.50. The maximum Gasteiger partial charge on any atom is 0 e. The predicted molar refractivity (Wildman–Crippen MR) is 186 cm³/mol. The van der Waals surface area contributed by atoms with E-state index >= 15 is 0 Å². The normalized spacial score (nSPS) is 10.9. The first-order chi connectivity index (χ1) is 21.8. The summed E-state index contributed by atoms with van der Waals surface area (Å²) in [6.07, 6.45) is 0. The van der Waals surface area contributed by atoms with E-state index < -0.39 is 0 Å². The molecule has 1 radical (unpaired) electrons. The van der Waals surface area contributed by atoms with Crippen molar-refractivity contribution in [2.24, 2.45) is 0 Å². The number of rotatable bonds is 5. The minimum Gasteiger partial charge on any atom is -0.226 e. The summed E-state index contributed by atoms with van der Waals surface area (Å²) in [5.74, 6) is 0. The van der Waals surface area contributed by atoms with Crippen molar-refractivity contribution in [3.05, 3.63) is 182 Å². The van der Waals surface area contributed by atoms with Gasteiger partial charge in [-0.25, -0.2) is 11.1 Å². The van der Waals surface area contributed by atoms with Gasteiger partial charge in [-0.2, -0.15) is 36.4 Å². The molecule has 0 bridgehead atoms. The molecule has 45 heavy (non-hydrogen) atoms.